The largest absolute Gasteiger partial charge is 0.482 e. The standard InChI is InChI=1S/C13H17N3O3/c1-8-6-16(2-3-18-8)11-5-10-12(4-9(11)14)19-7-13(17)15-10/h4-5,8H,2-3,6-7,14H2,1H3,(H,15,17). The number of carbonyl (C=O) groups is 1. The fourth-order valence-corrected chi connectivity index (χ4v) is 2.44. The van der Waals surface area contributed by atoms with E-state index in [0.717, 1.165) is 18.8 Å². The number of fused-ring (bicyclic) bond motifs is 1. The van der Waals surface area contributed by atoms with Crippen LogP contribution in [0, 0.1) is 0 Å². The second-order valence-electron chi connectivity index (χ2n) is 4.87. The molecule has 0 radical (unpaired) electrons. The molecule has 0 saturated carbocycles. The van der Waals surface area contributed by atoms with Gasteiger partial charge in [-0.15, -0.1) is 0 Å². The highest BCUT2D eigenvalue weighted by Crippen LogP contribution is 2.37. The molecule has 0 spiro atoms. The van der Waals surface area contributed by atoms with E-state index in [1.165, 1.54) is 0 Å². The van der Waals surface area contributed by atoms with Gasteiger partial charge in [0, 0.05) is 19.2 Å². The average molecular weight is 263 g/mol. The minimum absolute atomic E-state index is 0.0420. The molecule has 1 unspecified atom stereocenters. The molecular weight excluding hydrogens is 246 g/mol. The van der Waals surface area contributed by atoms with Gasteiger partial charge in [0.15, 0.2) is 6.61 Å². The van der Waals surface area contributed by atoms with Crippen LogP contribution in [0.5, 0.6) is 5.75 Å². The molecule has 3 rings (SSSR count). The van der Waals surface area contributed by atoms with E-state index >= 15 is 0 Å². The zero-order valence-electron chi connectivity index (χ0n) is 10.8. The van der Waals surface area contributed by atoms with Crippen LogP contribution in [0.3, 0.4) is 0 Å². The van der Waals surface area contributed by atoms with Crippen molar-refractivity contribution in [3.05, 3.63) is 12.1 Å². The molecule has 1 amide bonds. The number of nitrogen functional groups attached to an aromatic ring is 1. The lowest BCUT2D eigenvalue weighted by atomic mass is 10.1. The summed E-state index contributed by atoms with van der Waals surface area (Å²) in [5.74, 6) is 0.487. The zero-order chi connectivity index (χ0) is 13.4. The number of ether oxygens (including phenoxy) is 2. The van der Waals surface area contributed by atoms with Gasteiger partial charge in [0.05, 0.1) is 29.8 Å². The molecule has 3 N–H and O–H groups in total. The number of morpholine rings is 1. The van der Waals surface area contributed by atoms with Gasteiger partial charge in [-0.25, -0.2) is 0 Å². The number of hydrogen-bond acceptors (Lipinski definition) is 5. The van der Waals surface area contributed by atoms with Crippen molar-refractivity contribution in [2.24, 2.45) is 0 Å². The summed E-state index contributed by atoms with van der Waals surface area (Å²) in [6.07, 6.45) is 0.176. The summed E-state index contributed by atoms with van der Waals surface area (Å²) in [7, 11) is 0. The van der Waals surface area contributed by atoms with Crippen molar-refractivity contribution >= 4 is 23.0 Å². The third kappa shape index (κ3) is 2.31. The van der Waals surface area contributed by atoms with E-state index < -0.39 is 0 Å². The smallest absolute Gasteiger partial charge is 0.262 e. The molecule has 1 saturated heterocycles. The molecule has 1 aromatic carbocycles. The van der Waals surface area contributed by atoms with Crippen LogP contribution in [0.25, 0.3) is 0 Å². The van der Waals surface area contributed by atoms with Gasteiger partial charge in [-0.3, -0.25) is 4.79 Å². The molecule has 2 aliphatic heterocycles. The maximum absolute atomic E-state index is 11.3. The van der Waals surface area contributed by atoms with Crippen LogP contribution in [0.2, 0.25) is 0 Å². The molecule has 102 valence electrons. The topological polar surface area (TPSA) is 76.8 Å². The van der Waals surface area contributed by atoms with Crippen LogP contribution in [0.15, 0.2) is 12.1 Å². The SMILES string of the molecule is CC1CN(c2cc3c(cc2N)OCC(=O)N3)CCO1. The van der Waals surface area contributed by atoms with Crippen molar-refractivity contribution in [3.8, 4) is 5.75 Å². The number of nitrogens with one attached hydrogen (secondary N) is 1. The summed E-state index contributed by atoms with van der Waals surface area (Å²) in [5, 5.41) is 2.80. The highest BCUT2D eigenvalue weighted by Gasteiger charge is 2.23. The number of amides is 1. The lowest BCUT2D eigenvalue weighted by Crippen LogP contribution is -2.41. The lowest BCUT2D eigenvalue weighted by Gasteiger charge is -2.34. The number of anilines is 3. The van der Waals surface area contributed by atoms with E-state index in [2.05, 4.69) is 10.2 Å². The predicted octanol–water partition coefficient (Wildman–Crippen LogP) is 0.825. The minimum atomic E-state index is -0.140. The molecule has 6 nitrogen and oxygen atoms in total. The Morgan fingerprint density at radius 2 is 2.32 bits per heavy atom. The zero-order valence-corrected chi connectivity index (χ0v) is 10.8. The van der Waals surface area contributed by atoms with E-state index in [9.17, 15) is 4.79 Å². The number of hydrogen-bond donors (Lipinski definition) is 2. The summed E-state index contributed by atoms with van der Waals surface area (Å²) < 4.78 is 10.9. The predicted molar refractivity (Wildman–Crippen MR) is 72.6 cm³/mol. The third-order valence-corrected chi connectivity index (χ3v) is 3.34. The van der Waals surface area contributed by atoms with Gasteiger partial charge in [0.25, 0.3) is 5.91 Å². The quantitative estimate of drug-likeness (QED) is 0.734. The number of benzene rings is 1. The molecule has 2 aliphatic rings. The van der Waals surface area contributed by atoms with Crippen molar-refractivity contribution in [1.82, 2.24) is 0 Å². The summed E-state index contributed by atoms with van der Waals surface area (Å²) in [6, 6.07) is 3.64. The van der Waals surface area contributed by atoms with Gasteiger partial charge in [0.1, 0.15) is 5.75 Å². The maximum atomic E-state index is 11.3. The Bertz CT molecular complexity index is 518. The number of nitrogens with two attached hydrogens (primary N) is 1. The highest BCUT2D eigenvalue weighted by molar-refractivity contribution is 5.97. The summed E-state index contributed by atoms with van der Waals surface area (Å²) in [4.78, 5) is 13.5. The first-order valence-electron chi connectivity index (χ1n) is 6.36. The molecule has 6 heteroatoms. The second-order valence-corrected chi connectivity index (χ2v) is 4.87. The van der Waals surface area contributed by atoms with Crippen molar-refractivity contribution in [3.63, 3.8) is 0 Å². The molecule has 0 aliphatic carbocycles. The number of carbonyl (C=O) groups excluding carboxylic acids is 1. The summed E-state index contributed by atoms with van der Waals surface area (Å²) in [6.45, 7) is 4.34. The maximum Gasteiger partial charge on any atom is 0.262 e. The first-order valence-corrected chi connectivity index (χ1v) is 6.36. The van der Waals surface area contributed by atoms with Gasteiger partial charge in [-0.2, -0.15) is 0 Å². The molecule has 0 bridgehead atoms. The summed E-state index contributed by atoms with van der Waals surface area (Å²) in [5.41, 5.74) is 8.33. The van der Waals surface area contributed by atoms with Crippen molar-refractivity contribution < 1.29 is 14.3 Å². The molecule has 19 heavy (non-hydrogen) atoms. The molecule has 0 aromatic heterocycles. The second kappa shape index (κ2) is 4.62. The van der Waals surface area contributed by atoms with E-state index in [1.807, 2.05) is 13.0 Å². The molecule has 2 heterocycles. The Hall–Kier alpha value is -1.95. The van der Waals surface area contributed by atoms with Gasteiger partial charge in [0.2, 0.25) is 0 Å². The lowest BCUT2D eigenvalue weighted by molar-refractivity contribution is -0.118. The first kappa shape index (κ1) is 12.1. The molecular formula is C13H17N3O3. The average Bonchev–Trinajstić information content (AvgIpc) is 2.38. The fraction of sp³-hybridized carbons (Fsp3) is 0.462. The van der Waals surface area contributed by atoms with E-state index in [-0.39, 0.29) is 18.6 Å². The minimum Gasteiger partial charge on any atom is -0.482 e. The van der Waals surface area contributed by atoms with Crippen molar-refractivity contribution in [2.45, 2.75) is 13.0 Å². The Morgan fingerprint density at radius 3 is 3.11 bits per heavy atom. The molecule has 1 fully saturated rings. The first-order chi connectivity index (χ1) is 9.13. The molecule has 1 atom stereocenters. The van der Waals surface area contributed by atoms with E-state index in [0.29, 0.717) is 23.7 Å². The van der Waals surface area contributed by atoms with Gasteiger partial charge >= 0.3 is 0 Å². The third-order valence-electron chi connectivity index (χ3n) is 3.34. The van der Waals surface area contributed by atoms with E-state index in [4.69, 9.17) is 15.2 Å². The molecule has 1 aromatic rings. The Kier molecular flexibility index (Phi) is 2.94. The van der Waals surface area contributed by atoms with Gasteiger partial charge in [-0.05, 0) is 13.0 Å². The van der Waals surface area contributed by atoms with Gasteiger partial charge in [-0.1, -0.05) is 0 Å². The van der Waals surface area contributed by atoms with E-state index in [1.54, 1.807) is 6.07 Å². The van der Waals surface area contributed by atoms with Crippen LogP contribution >= 0.6 is 0 Å². The van der Waals surface area contributed by atoms with Crippen molar-refractivity contribution in [2.75, 3.05) is 42.3 Å². The summed E-state index contributed by atoms with van der Waals surface area (Å²) >= 11 is 0. The number of rotatable bonds is 1. The Morgan fingerprint density at radius 1 is 1.47 bits per heavy atom. The normalized spacial score (nSPS) is 22.5. The monoisotopic (exact) mass is 263 g/mol. The Balaban J connectivity index is 1.93. The number of nitrogens with zero attached hydrogens (tertiary/aromatic N) is 1. The van der Waals surface area contributed by atoms with Crippen LogP contribution in [-0.4, -0.2) is 38.3 Å². The highest BCUT2D eigenvalue weighted by atomic mass is 16.5. The van der Waals surface area contributed by atoms with Gasteiger partial charge < -0.3 is 25.4 Å². The Labute approximate surface area is 111 Å². The van der Waals surface area contributed by atoms with Crippen LogP contribution in [0.1, 0.15) is 6.92 Å². The van der Waals surface area contributed by atoms with Crippen LogP contribution < -0.4 is 20.7 Å². The fourth-order valence-electron chi connectivity index (χ4n) is 2.44. The van der Waals surface area contributed by atoms with Crippen molar-refractivity contribution in [1.29, 1.82) is 0 Å². The van der Waals surface area contributed by atoms with Crippen LogP contribution in [0.4, 0.5) is 17.1 Å². The van der Waals surface area contributed by atoms with Crippen LogP contribution in [-0.2, 0) is 9.53 Å².